The minimum Gasteiger partial charge on any atom is -0.390 e. The summed E-state index contributed by atoms with van der Waals surface area (Å²) in [5.74, 6) is 0.571. The average molecular weight is 439 g/mol. The van der Waals surface area contributed by atoms with E-state index >= 15 is 0 Å². The standard InChI is InChI=1S/C26H31FN2OS/c1-5-20-18-23(11-10-21(20)12-14-26(3,4)30)29-16-15-28-25(19(29)2)31-17-13-22-8-6-7-9-24(22)27/h6-11,15-16,18,30H,2,5,12-14,17H2,1,3-4H3. The Morgan fingerprint density at radius 1 is 1.10 bits per heavy atom. The number of thioether (sulfide) groups is 1. The van der Waals surface area contributed by atoms with Gasteiger partial charge in [0.05, 0.1) is 11.3 Å². The van der Waals surface area contributed by atoms with Crippen LogP contribution >= 0.6 is 11.8 Å². The maximum absolute atomic E-state index is 13.8. The van der Waals surface area contributed by atoms with Crippen molar-refractivity contribution in [2.75, 3.05) is 10.7 Å². The van der Waals surface area contributed by atoms with Crippen molar-refractivity contribution in [3.05, 3.63) is 89.6 Å². The van der Waals surface area contributed by atoms with E-state index in [2.05, 4.69) is 41.6 Å². The number of hydrogen-bond acceptors (Lipinski definition) is 4. The molecule has 5 heteroatoms. The Hall–Kier alpha value is -2.37. The smallest absolute Gasteiger partial charge is 0.126 e. The van der Waals surface area contributed by atoms with Crippen LogP contribution in [0.2, 0.25) is 0 Å². The second-order valence-electron chi connectivity index (χ2n) is 8.36. The second-order valence-corrected chi connectivity index (χ2v) is 9.44. The molecule has 0 aromatic heterocycles. The summed E-state index contributed by atoms with van der Waals surface area (Å²) in [6, 6.07) is 13.3. The van der Waals surface area contributed by atoms with E-state index < -0.39 is 5.60 Å². The molecule has 0 unspecified atom stereocenters. The number of rotatable bonds is 8. The Bertz CT molecular complexity index is 991. The Labute approximate surface area is 189 Å². The predicted molar refractivity (Wildman–Crippen MR) is 131 cm³/mol. The summed E-state index contributed by atoms with van der Waals surface area (Å²) < 4.78 is 13.8. The lowest BCUT2D eigenvalue weighted by Crippen LogP contribution is -2.23. The highest BCUT2D eigenvalue weighted by atomic mass is 32.2. The highest BCUT2D eigenvalue weighted by Crippen LogP contribution is 2.29. The van der Waals surface area contributed by atoms with Gasteiger partial charge in [0.15, 0.2) is 0 Å². The molecule has 0 amide bonds. The summed E-state index contributed by atoms with van der Waals surface area (Å²) in [5, 5.41) is 10.9. The number of aryl methyl sites for hydroxylation is 3. The van der Waals surface area contributed by atoms with E-state index in [1.807, 2.05) is 32.2 Å². The molecule has 0 fully saturated rings. The third-order valence-electron chi connectivity index (χ3n) is 5.37. The molecule has 1 aliphatic heterocycles. The van der Waals surface area contributed by atoms with E-state index in [9.17, 15) is 9.50 Å². The zero-order chi connectivity index (χ0) is 22.4. The summed E-state index contributed by atoms with van der Waals surface area (Å²) in [6.07, 6.45) is 6.86. The molecule has 2 aromatic rings. The number of aliphatic hydroxyl groups is 1. The fraction of sp³-hybridized carbons (Fsp3) is 0.346. The summed E-state index contributed by atoms with van der Waals surface area (Å²) in [4.78, 5) is 6.55. The highest BCUT2D eigenvalue weighted by Gasteiger charge is 2.19. The topological polar surface area (TPSA) is 35.8 Å². The van der Waals surface area contributed by atoms with Crippen LogP contribution in [0.5, 0.6) is 0 Å². The first-order valence-electron chi connectivity index (χ1n) is 10.7. The number of nitrogens with zero attached hydrogens (tertiary/aromatic N) is 2. The number of anilines is 1. The van der Waals surface area contributed by atoms with Crippen molar-refractivity contribution in [3.8, 4) is 0 Å². The van der Waals surface area contributed by atoms with Gasteiger partial charge in [-0.1, -0.05) is 37.8 Å². The molecule has 1 heterocycles. The van der Waals surface area contributed by atoms with Gasteiger partial charge in [-0.05, 0) is 74.4 Å². The van der Waals surface area contributed by atoms with E-state index in [4.69, 9.17) is 0 Å². The molecule has 0 saturated heterocycles. The van der Waals surface area contributed by atoms with Gasteiger partial charge in [0, 0.05) is 23.8 Å². The second kappa shape index (κ2) is 10.3. The molecular weight excluding hydrogens is 407 g/mol. The molecular formula is C26H31FN2OS. The first kappa shape index (κ1) is 23.3. The van der Waals surface area contributed by atoms with Gasteiger partial charge in [-0.15, -0.1) is 11.8 Å². The predicted octanol–water partition coefficient (Wildman–Crippen LogP) is 6.27. The first-order chi connectivity index (χ1) is 14.8. The van der Waals surface area contributed by atoms with Gasteiger partial charge in [-0.3, -0.25) is 0 Å². The lowest BCUT2D eigenvalue weighted by molar-refractivity contribution is 0.0713. The number of benzene rings is 2. The fourth-order valence-corrected chi connectivity index (χ4v) is 4.45. The molecule has 0 atom stereocenters. The Morgan fingerprint density at radius 2 is 1.87 bits per heavy atom. The van der Waals surface area contributed by atoms with Crippen LogP contribution in [0.4, 0.5) is 10.1 Å². The molecule has 0 bridgehead atoms. The van der Waals surface area contributed by atoms with Crippen molar-refractivity contribution < 1.29 is 9.50 Å². The zero-order valence-electron chi connectivity index (χ0n) is 18.6. The Balaban J connectivity index is 1.67. The van der Waals surface area contributed by atoms with Crippen molar-refractivity contribution in [2.24, 2.45) is 4.99 Å². The fourth-order valence-electron chi connectivity index (χ4n) is 3.53. The Morgan fingerprint density at radius 3 is 2.58 bits per heavy atom. The van der Waals surface area contributed by atoms with E-state index in [-0.39, 0.29) is 5.82 Å². The number of aliphatic imine (C=N–C) groups is 1. The van der Waals surface area contributed by atoms with Crippen LogP contribution in [-0.4, -0.2) is 21.5 Å². The molecule has 1 aliphatic rings. The van der Waals surface area contributed by atoms with Crippen LogP contribution in [0, 0.1) is 5.82 Å². The highest BCUT2D eigenvalue weighted by molar-refractivity contribution is 8.14. The van der Waals surface area contributed by atoms with Crippen LogP contribution in [0.15, 0.2) is 72.1 Å². The van der Waals surface area contributed by atoms with Crippen LogP contribution in [0.25, 0.3) is 0 Å². The van der Waals surface area contributed by atoms with E-state index in [1.165, 1.54) is 17.2 Å². The van der Waals surface area contributed by atoms with Crippen LogP contribution in [0.3, 0.4) is 0 Å². The monoisotopic (exact) mass is 438 g/mol. The van der Waals surface area contributed by atoms with E-state index in [0.717, 1.165) is 47.0 Å². The molecule has 0 aliphatic carbocycles. The summed E-state index contributed by atoms with van der Waals surface area (Å²) in [6.45, 7) is 10.1. The van der Waals surface area contributed by atoms with Gasteiger partial charge >= 0.3 is 0 Å². The summed E-state index contributed by atoms with van der Waals surface area (Å²) >= 11 is 1.59. The van der Waals surface area contributed by atoms with Crippen LogP contribution in [-0.2, 0) is 19.3 Å². The van der Waals surface area contributed by atoms with Crippen molar-refractivity contribution in [1.82, 2.24) is 0 Å². The van der Waals surface area contributed by atoms with Crippen molar-refractivity contribution in [3.63, 3.8) is 0 Å². The van der Waals surface area contributed by atoms with Crippen molar-refractivity contribution in [2.45, 2.75) is 52.1 Å². The lowest BCUT2D eigenvalue weighted by Gasteiger charge is -2.27. The largest absolute Gasteiger partial charge is 0.390 e. The molecule has 2 aromatic carbocycles. The number of halogens is 1. The molecule has 3 rings (SSSR count). The first-order valence-corrected chi connectivity index (χ1v) is 11.7. The summed E-state index contributed by atoms with van der Waals surface area (Å²) in [5.41, 5.74) is 4.48. The molecule has 0 radical (unpaired) electrons. The van der Waals surface area contributed by atoms with Gasteiger partial charge in [0.1, 0.15) is 10.9 Å². The van der Waals surface area contributed by atoms with E-state index in [0.29, 0.717) is 6.42 Å². The van der Waals surface area contributed by atoms with Gasteiger partial charge in [0.2, 0.25) is 0 Å². The third-order valence-corrected chi connectivity index (χ3v) is 6.39. The van der Waals surface area contributed by atoms with Crippen LogP contribution < -0.4 is 4.90 Å². The summed E-state index contributed by atoms with van der Waals surface area (Å²) in [7, 11) is 0. The molecule has 3 nitrogen and oxygen atoms in total. The molecule has 1 N–H and O–H groups in total. The minimum absolute atomic E-state index is 0.161. The maximum Gasteiger partial charge on any atom is 0.126 e. The zero-order valence-corrected chi connectivity index (χ0v) is 19.4. The van der Waals surface area contributed by atoms with Crippen LogP contribution in [0.1, 0.15) is 43.9 Å². The van der Waals surface area contributed by atoms with E-state index in [1.54, 1.807) is 24.0 Å². The van der Waals surface area contributed by atoms with Gasteiger partial charge in [-0.2, -0.15) is 0 Å². The maximum atomic E-state index is 13.8. The van der Waals surface area contributed by atoms with Crippen molar-refractivity contribution in [1.29, 1.82) is 0 Å². The average Bonchev–Trinajstić information content (AvgIpc) is 2.74. The Kier molecular flexibility index (Phi) is 7.74. The SMILES string of the molecule is C=C1C(SCCc2ccccc2F)=NC=CN1c1ccc(CCC(C)(C)O)c(CC)c1. The minimum atomic E-state index is -0.668. The third kappa shape index (κ3) is 6.31. The molecule has 0 spiro atoms. The molecule has 164 valence electrons. The molecule has 31 heavy (non-hydrogen) atoms. The lowest BCUT2D eigenvalue weighted by atomic mass is 9.94. The quantitative estimate of drug-likeness (QED) is 0.527. The molecule has 0 saturated carbocycles. The van der Waals surface area contributed by atoms with Gasteiger partial charge in [0.25, 0.3) is 0 Å². The van der Waals surface area contributed by atoms with Gasteiger partial charge in [-0.25, -0.2) is 9.38 Å². The number of hydrogen-bond donors (Lipinski definition) is 1. The normalized spacial score (nSPS) is 14.2. The van der Waals surface area contributed by atoms with Gasteiger partial charge < -0.3 is 10.0 Å². The van der Waals surface area contributed by atoms with Crippen molar-refractivity contribution >= 4 is 22.5 Å².